The average Bonchev–Trinajstić information content (AvgIpc) is 2.41. The number of hydrogen-bond donors (Lipinski definition) is 1. The van der Waals surface area contributed by atoms with Gasteiger partial charge in [-0.05, 0) is 64.9 Å². The van der Waals surface area contributed by atoms with Crippen LogP contribution in [0.2, 0.25) is 0 Å². The van der Waals surface area contributed by atoms with Crippen molar-refractivity contribution in [1.82, 2.24) is 9.55 Å². The number of nitrogens with one attached hydrogen (secondary N) is 1. The lowest BCUT2D eigenvalue weighted by atomic mass is 10.2. The van der Waals surface area contributed by atoms with Crippen molar-refractivity contribution in [3.05, 3.63) is 67.6 Å². The largest absolute Gasteiger partial charge is 0.331 e. The van der Waals surface area contributed by atoms with Gasteiger partial charge in [0, 0.05) is 4.47 Å². The molecule has 1 aromatic heterocycles. The van der Waals surface area contributed by atoms with Crippen LogP contribution in [0.3, 0.4) is 0 Å². The Labute approximate surface area is 129 Å². The standard InChI is InChI=1S/C15H11BrN2OS/c1-9-6-7-13(11(16)8-9)18-14(19)10-4-2-3-5-12(10)17-15(18)20/h2-8H,1H3,(H,17,20). The number of aromatic amines is 1. The summed E-state index contributed by atoms with van der Waals surface area (Å²) in [6, 6.07) is 13.2. The first-order valence-corrected chi connectivity index (χ1v) is 7.28. The molecule has 0 amide bonds. The third-order valence-corrected chi connectivity index (χ3v) is 4.07. The fraction of sp³-hybridized carbons (Fsp3) is 0.0667. The van der Waals surface area contributed by atoms with Crippen molar-refractivity contribution in [2.75, 3.05) is 0 Å². The Balaban J connectivity index is 2.43. The van der Waals surface area contributed by atoms with Crippen LogP contribution in [0.25, 0.3) is 16.6 Å². The predicted octanol–water partition coefficient (Wildman–Crippen LogP) is 4.12. The molecule has 0 spiro atoms. The van der Waals surface area contributed by atoms with Gasteiger partial charge in [-0.25, -0.2) is 0 Å². The summed E-state index contributed by atoms with van der Waals surface area (Å²) < 4.78 is 2.74. The molecular weight excluding hydrogens is 336 g/mol. The Kier molecular flexibility index (Phi) is 3.31. The third kappa shape index (κ3) is 2.13. The summed E-state index contributed by atoms with van der Waals surface area (Å²) >= 11 is 8.82. The maximum absolute atomic E-state index is 12.6. The van der Waals surface area contributed by atoms with E-state index in [1.165, 1.54) is 4.57 Å². The molecule has 1 heterocycles. The number of aryl methyl sites for hydroxylation is 1. The highest BCUT2D eigenvalue weighted by Gasteiger charge is 2.09. The number of hydrogen-bond acceptors (Lipinski definition) is 2. The molecule has 100 valence electrons. The monoisotopic (exact) mass is 346 g/mol. The first-order valence-electron chi connectivity index (χ1n) is 6.08. The number of para-hydroxylation sites is 1. The molecule has 0 aliphatic rings. The Bertz CT molecular complexity index is 927. The molecule has 0 unspecified atom stereocenters. The minimum atomic E-state index is -0.117. The topological polar surface area (TPSA) is 37.8 Å². The van der Waals surface area contributed by atoms with E-state index in [4.69, 9.17) is 12.2 Å². The van der Waals surface area contributed by atoms with Gasteiger partial charge < -0.3 is 4.98 Å². The van der Waals surface area contributed by atoms with E-state index in [9.17, 15) is 4.79 Å². The molecule has 0 atom stereocenters. The number of rotatable bonds is 1. The molecule has 0 aliphatic carbocycles. The smallest absolute Gasteiger partial charge is 0.266 e. The molecule has 0 radical (unpaired) electrons. The molecule has 0 saturated carbocycles. The number of halogens is 1. The summed E-state index contributed by atoms with van der Waals surface area (Å²) in [7, 11) is 0. The van der Waals surface area contributed by atoms with Crippen LogP contribution in [-0.2, 0) is 0 Å². The fourth-order valence-electron chi connectivity index (χ4n) is 2.17. The predicted molar refractivity (Wildman–Crippen MR) is 87.2 cm³/mol. The summed E-state index contributed by atoms with van der Waals surface area (Å²) in [4.78, 5) is 15.7. The summed E-state index contributed by atoms with van der Waals surface area (Å²) in [6.07, 6.45) is 0. The average molecular weight is 347 g/mol. The molecule has 0 aliphatic heterocycles. The van der Waals surface area contributed by atoms with Crippen molar-refractivity contribution in [1.29, 1.82) is 0 Å². The van der Waals surface area contributed by atoms with Crippen molar-refractivity contribution < 1.29 is 0 Å². The van der Waals surface area contributed by atoms with Gasteiger partial charge in [0.05, 0.1) is 16.6 Å². The Morgan fingerprint density at radius 1 is 1.20 bits per heavy atom. The van der Waals surface area contributed by atoms with Crippen molar-refractivity contribution in [3.63, 3.8) is 0 Å². The minimum Gasteiger partial charge on any atom is -0.331 e. The van der Waals surface area contributed by atoms with Gasteiger partial charge in [0.25, 0.3) is 5.56 Å². The Morgan fingerprint density at radius 2 is 1.95 bits per heavy atom. The van der Waals surface area contributed by atoms with Crippen LogP contribution in [0.4, 0.5) is 0 Å². The highest BCUT2D eigenvalue weighted by Crippen LogP contribution is 2.22. The fourth-order valence-corrected chi connectivity index (χ4v) is 3.14. The molecular formula is C15H11BrN2OS. The van der Waals surface area contributed by atoms with E-state index >= 15 is 0 Å². The molecule has 3 rings (SSSR count). The maximum atomic E-state index is 12.6. The molecule has 5 heteroatoms. The molecule has 0 saturated heterocycles. The molecule has 20 heavy (non-hydrogen) atoms. The lowest BCUT2D eigenvalue weighted by molar-refractivity contribution is 0.934. The zero-order valence-corrected chi connectivity index (χ0v) is 13.1. The van der Waals surface area contributed by atoms with Crippen LogP contribution in [0.1, 0.15) is 5.56 Å². The van der Waals surface area contributed by atoms with E-state index in [0.29, 0.717) is 10.2 Å². The van der Waals surface area contributed by atoms with Crippen LogP contribution in [0.15, 0.2) is 51.7 Å². The van der Waals surface area contributed by atoms with Crippen molar-refractivity contribution in [2.24, 2.45) is 0 Å². The summed E-state index contributed by atoms with van der Waals surface area (Å²) in [5, 5.41) is 0.619. The van der Waals surface area contributed by atoms with E-state index in [1.54, 1.807) is 6.07 Å². The van der Waals surface area contributed by atoms with E-state index in [0.717, 1.165) is 21.2 Å². The summed E-state index contributed by atoms with van der Waals surface area (Å²) in [5.74, 6) is 0. The van der Waals surface area contributed by atoms with Gasteiger partial charge in [0.2, 0.25) is 0 Å². The van der Waals surface area contributed by atoms with Crippen LogP contribution in [0, 0.1) is 11.7 Å². The highest BCUT2D eigenvalue weighted by atomic mass is 79.9. The molecule has 0 bridgehead atoms. The van der Waals surface area contributed by atoms with Crippen molar-refractivity contribution in [3.8, 4) is 5.69 Å². The number of nitrogens with zero attached hydrogens (tertiary/aromatic N) is 1. The second-order valence-corrected chi connectivity index (χ2v) is 5.81. The van der Waals surface area contributed by atoms with E-state index in [1.807, 2.05) is 43.3 Å². The molecule has 1 N–H and O–H groups in total. The number of aromatic nitrogens is 2. The first kappa shape index (κ1) is 13.3. The maximum Gasteiger partial charge on any atom is 0.266 e. The van der Waals surface area contributed by atoms with E-state index in [-0.39, 0.29) is 5.56 Å². The molecule has 0 fully saturated rings. The zero-order valence-electron chi connectivity index (χ0n) is 10.7. The normalized spacial score (nSPS) is 10.9. The van der Waals surface area contributed by atoms with Gasteiger partial charge in [-0.1, -0.05) is 18.2 Å². The molecule has 3 aromatic rings. The zero-order chi connectivity index (χ0) is 14.3. The van der Waals surface area contributed by atoms with Gasteiger partial charge >= 0.3 is 0 Å². The molecule has 3 nitrogen and oxygen atoms in total. The SMILES string of the molecule is Cc1ccc(-n2c(=S)[nH]c3ccccc3c2=O)c(Br)c1. The van der Waals surface area contributed by atoms with Crippen LogP contribution < -0.4 is 5.56 Å². The van der Waals surface area contributed by atoms with E-state index in [2.05, 4.69) is 20.9 Å². The van der Waals surface area contributed by atoms with Crippen LogP contribution in [-0.4, -0.2) is 9.55 Å². The Morgan fingerprint density at radius 3 is 2.70 bits per heavy atom. The van der Waals surface area contributed by atoms with Gasteiger partial charge in [-0.15, -0.1) is 0 Å². The quantitative estimate of drug-likeness (QED) is 0.673. The van der Waals surface area contributed by atoms with Crippen LogP contribution in [0.5, 0.6) is 0 Å². The summed E-state index contributed by atoms with van der Waals surface area (Å²) in [5.41, 5.74) is 2.49. The lowest BCUT2D eigenvalue weighted by Crippen LogP contribution is -2.20. The number of benzene rings is 2. The van der Waals surface area contributed by atoms with Crippen molar-refractivity contribution in [2.45, 2.75) is 6.92 Å². The number of fused-ring (bicyclic) bond motifs is 1. The number of H-pyrrole nitrogens is 1. The first-order chi connectivity index (χ1) is 9.58. The van der Waals surface area contributed by atoms with Gasteiger partial charge in [0.1, 0.15) is 0 Å². The van der Waals surface area contributed by atoms with Gasteiger partial charge in [-0.2, -0.15) is 0 Å². The van der Waals surface area contributed by atoms with Gasteiger partial charge in [0.15, 0.2) is 4.77 Å². The lowest BCUT2D eigenvalue weighted by Gasteiger charge is -2.10. The Hall–Kier alpha value is -1.72. The highest BCUT2D eigenvalue weighted by molar-refractivity contribution is 9.10. The summed E-state index contributed by atoms with van der Waals surface area (Å²) in [6.45, 7) is 2.00. The second-order valence-electron chi connectivity index (χ2n) is 4.57. The van der Waals surface area contributed by atoms with Crippen molar-refractivity contribution >= 4 is 39.1 Å². The second kappa shape index (κ2) is 5.00. The minimum absolute atomic E-state index is 0.117. The molecule has 2 aromatic carbocycles. The van der Waals surface area contributed by atoms with Crippen LogP contribution >= 0.6 is 28.1 Å². The van der Waals surface area contributed by atoms with Gasteiger partial charge in [-0.3, -0.25) is 9.36 Å². The van der Waals surface area contributed by atoms with E-state index < -0.39 is 0 Å². The third-order valence-electron chi connectivity index (χ3n) is 3.15.